The van der Waals surface area contributed by atoms with Gasteiger partial charge >= 0.3 is 0 Å². The lowest BCUT2D eigenvalue weighted by Crippen LogP contribution is -1.89. The average Bonchev–Trinajstić information content (AvgIpc) is 2.74. The van der Waals surface area contributed by atoms with Gasteiger partial charge in [-0.25, -0.2) is 0 Å². The van der Waals surface area contributed by atoms with Crippen molar-refractivity contribution in [1.29, 1.82) is 0 Å². The molecule has 0 spiro atoms. The van der Waals surface area contributed by atoms with Gasteiger partial charge in [0.25, 0.3) is 0 Å². The number of hydrogen-bond donors (Lipinski definition) is 0. The highest BCUT2D eigenvalue weighted by molar-refractivity contribution is 5.86. The van der Waals surface area contributed by atoms with Gasteiger partial charge in [0.1, 0.15) is 11.5 Å². The molecule has 0 unspecified atom stereocenters. The van der Waals surface area contributed by atoms with Crippen molar-refractivity contribution in [2.45, 2.75) is 0 Å². The second-order valence-corrected chi connectivity index (χ2v) is 5.06. The van der Waals surface area contributed by atoms with Gasteiger partial charge in [-0.2, -0.15) is 0 Å². The third-order valence-corrected chi connectivity index (χ3v) is 3.72. The van der Waals surface area contributed by atoms with Crippen molar-refractivity contribution in [3.8, 4) is 22.6 Å². The predicted octanol–water partition coefficient (Wildman–Crippen LogP) is 5.63. The first-order valence-electron chi connectivity index (χ1n) is 7.05. The van der Waals surface area contributed by atoms with E-state index in [1.165, 1.54) is 11.1 Å². The maximum atomic E-state index is 6.10. The zero-order valence-electron chi connectivity index (χ0n) is 11.5. The van der Waals surface area contributed by atoms with Crippen LogP contribution in [0, 0.1) is 0 Å². The fourth-order valence-electron chi connectivity index (χ4n) is 2.68. The van der Waals surface area contributed by atoms with Crippen LogP contribution in [0.4, 0.5) is 0 Å². The quantitative estimate of drug-likeness (QED) is 0.435. The van der Waals surface area contributed by atoms with E-state index in [0.29, 0.717) is 0 Å². The van der Waals surface area contributed by atoms with Gasteiger partial charge in [0.15, 0.2) is 0 Å². The van der Waals surface area contributed by atoms with Crippen LogP contribution in [-0.2, 0) is 0 Å². The Balaban J connectivity index is 1.91. The first kappa shape index (κ1) is 12.0. The van der Waals surface area contributed by atoms with E-state index < -0.39 is 0 Å². The van der Waals surface area contributed by atoms with Crippen LogP contribution in [-0.4, -0.2) is 0 Å². The molecule has 3 aromatic carbocycles. The summed E-state index contributed by atoms with van der Waals surface area (Å²) in [7, 11) is 0. The van der Waals surface area contributed by atoms with Crippen LogP contribution in [0.3, 0.4) is 0 Å². The Kier molecular flexibility index (Phi) is 2.82. The second kappa shape index (κ2) is 4.95. The fraction of sp³-hybridized carbons (Fsp3) is 0. The molecule has 1 heteroatoms. The highest BCUT2D eigenvalue weighted by Crippen LogP contribution is 2.38. The van der Waals surface area contributed by atoms with Crippen LogP contribution in [0.5, 0.6) is 11.5 Å². The molecular formula is C20H14O. The molecule has 1 aliphatic heterocycles. The highest BCUT2D eigenvalue weighted by atomic mass is 16.5. The third-order valence-electron chi connectivity index (χ3n) is 3.72. The Labute approximate surface area is 124 Å². The molecule has 4 rings (SSSR count). The molecule has 0 N–H and O–H groups in total. The fourth-order valence-corrected chi connectivity index (χ4v) is 2.68. The molecule has 21 heavy (non-hydrogen) atoms. The van der Waals surface area contributed by atoms with Crippen LogP contribution in [0.2, 0.25) is 0 Å². The predicted molar refractivity (Wildman–Crippen MR) is 87.3 cm³/mol. The Bertz CT molecular complexity index is 816. The maximum absolute atomic E-state index is 6.10. The van der Waals surface area contributed by atoms with Crippen molar-refractivity contribution >= 4 is 12.2 Å². The molecule has 1 aliphatic rings. The van der Waals surface area contributed by atoms with Crippen molar-refractivity contribution < 1.29 is 4.74 Å². The molecule has 0 amide bonds. The molecule has 1 heterocycles. The van der Waals surface area contributed by atoms with Crippen LogP contribution in [0.25, 0.3) is 23.3 Å². The first-order valence-corrected chi connectivity index (χ1v) is 7.05. The number of para-hydroxylation sites is 1. The van der Waals surface area contributed by atoms with Gasteiger partial charge in [-0.05, 0) is 29.3 Å². The lowest BCUT2D eigenvalue weighted by molar-refractivity contribution is 0.482. The molecule has 0 radical (unpaired) electrons. The minimum atomic E-state index is 0.901. The molecule has 0 fully saturated rings. The number of ether oxygens (including phenoxy) is 1. The van der Waals surface area contributed by atoms with Crippen molar-refractivity contribution in [3.05, 3.63) is 83.9 Å². The molecule has 0 aliphatic carbocycles. The smallest absolute Gasteiger partial charge is 0.135 e. The monoisotopic (exact) mass is 270 g/mol. The summed E-state index contributed by atoms with van der Waals surface area (Å²) in [4.78, 5) is 0. The van der Waals surface area contributed by atoms with Crippen molar-refractivity contribution in [3.63, 3.8) is 0 Å². The zero-order chi connectivity index (χ0) is 14.1. The molecule has 0 atom stereocenters. The number of benzene rings is 3. The molecule has 0 aromatic heterocycles. The molecule has 3 aromatic rings. The Morgan fingerprint density at radius 3 is 2.24 bits per heavy atom. The number of rotatable bonds is 1. The SMILES string of the molecule is C1=Cc2c(cccc2-c2ccccc2)Oc2ccccc21. The van der Waals surface area contributed by atoms with Gasteiger partial charge < -0.3 is 4.74 Å². The lowest BCUT2D eigenvalue weighted by Gasteiger charge is -2.12. The van der Waals surface area contributed by atoms with Crippen LogP contribution in [0.1, 0.15) is 11.1 Å². The minimum absolute atomic E-state index is 0.901. The molecule has 0 saturated carbocycles. The molecule has 0 bridgehead atoms. The summed E-state index contributed by atoms with van der Waals surface area (Å²) >= 11 is 0. The molecule has 100 valence electrons. The van der Waals surface area contributed by atoms with Gasteiger partial charge in [0.05, 0.1) is 0 Å². The Morgan fingerprint density at radius 2 is 1.33 bits per heavy atom. The van der Waals surface area contributed by atoms with Crippen molar-refractivity contribution in [2.75, 3.05) is 0 Å². The summed E-state index contributed by atoms with van der Waals surface area (Å²) in [6.45, 7) is 0. The third kappa shape index (κ3) is 2.13. The zero-order valence-corrected chi connectivity index (χ0v) is 11.5. The lowest BCUT2D eigenvalue weighted by atomic mass is 9.98. The van der Waals surface area contributed by atoms with Crippen LogP contribution in [0.15, 0.2) is 72.8 Å². The standard InChI is InChI=1S/C20H14O/c1-2-7-15(8-3-1)17-10-6-12-20-18(17)14-13-16-9-4-5-11-19(16)21-20/h1-14H. The summed E-state index contributed by atoms with van der Waals surface area (Å²) in [5.41, 5.74) is 4.62. The largest absolute Gasteiger partial charge is 0.456 e. The van der Waals surface area contributed by atoms with E-state index in [1.807, 2.05) is 36.4 Å². The highest BCUT2D eigenvalue weighted by Gasteiger charge is 2.13. The van der Waals surface area contributed by atoms with Crippen LogP contribution >= 0.6 is 0 Å². The van der Waals surface area contributed by atoms with Gasteiger partial charge in [0, 0.05) is 11.1 Å². The maximum Gasteiger partial charge on any atom is 0.135 e. The summed E-state index contributed by atoms with van der Waals surface area (Å²) in [6.07, 6.45) is 4.26. The number of hydrogen-bond acceptors (Lipinski definition) is 1. The van der Waals surface area contributed by atoms with E-state index in [-0.39, 0.29) is 0 Å². The van der Waals surface area contributed by atoms with E-state index in [4.69, 9.17) is 4.74 Å². The molecule has 1 nitrogen and oxygen atoms in total. The molecular weight excluding hydrogens is 256 g/mol. The first-order chi connectivity index (χ1) is 10.4. The van der Waals surface area contributed by atoms with Gasteiger partial charge in [-0.15, -0.1) is 0 Å². The second-order valence-electron chi connectivity index (χ2n) is 5.06. The van der Waals surface area contributed by atoms with Gasteiger partial charge in [0.2, 0.25) is 0 Å². The topological polar surface area (TPSA) is 9.23 Å². The number of fused-ring (bicyclic) bond motifs is 2. The summed E-state index contributed by atoms with van der Waals surface area (Å²) in [6, 6.07) is 24.7. The van der Waals surface area contributed by atoms with Gasteiger partial charge in [-0.3, -0.25) is 0 Å². The van der Waals surface area contributed by atoms with E-state index in [1.54, 1.807) is 0 Å². The van der Waals surface area contributed by atoms with E-state index in [0.717, 1.165) is 22.6 Å². The summed E-state index contributed by atoms with van der Waals surface area (Å²) in [5, 5.41) is 0. The summed E-state index contributed by atoms with van der Waals surface area (Å²) < 4.78 is 6.10. The Morgan fingerprint density at radius 1 is 0.571 bits per heavy atom. The normalized spacial score (nSPS) is 12.0. The van der Waals surface area contributed by atoms with E-state index in [9.17, 15) is 0 Å². The van der Waals surface area contributed by atoms with E-state index in [2.05, 4.69) is 48.6 Å². The van der Waals surface area contributed by atoms with Crippen molar-refractivity contribution in [2.24, 2.45) is 0 Å². The van der Waals surface area contributed by atoms with Gasteiger partial charge in [-0.1, -0.05) is 66.7 Å². The van der Waals surface area contributed by atoms with Crippen molar-refractivity contribution in [1.82, 2.24) is 0 Å². The van der Waals surface area contributed by atoms with E-state index >= 15 is 0 Å². The molecule has 0 saturated heterocycles. The van der Waals surface area contributed by atoms with Crippen LogP contribution < -0.4 is 4.74 Å². The average molecular weight is 270 g/mol. The Hall–Kier alpha value is -2.80. The minimum Gasteiger partial charge on any atom is -0.456 e. The summed E-state index contributed by atoms with van der Waals surface area (Å²) in [5.74, 6) is 1.80.